The van der Waals surface area contributed by atoms with Gasteiger partial charge in [0.25, 0.3) is 0 Å². The lowest BCUT2D eigenvalue weighted by Gasteiger charge is -2.37. The Bertz CT molecular complexity index is 1370. The van der Waals surface area contributed by atoms with Gasteiger partial charge in [-0.05, 0) is 85.6 Å². The molecule has 0 saturated heterocycles. The van der Waals surface area contributed by atoms with E-state index in [1.54, 1.807) is 70.4 Å². The van der Waals surface area contributed by atoms with Crippen LogP contribution in [0.15, 0.2) is 48.5 Å². The molecule has 0 spiro atoms. The molecule has 1 radical (unpaired) electrons. The van der Waals surface area contributed by atoms with Crippen LogP contribution < -0.4 is 10.3 Å². The molecule has 41 heavy (non-hydrogen) atoms. The number of ether oxygens (including phenoxy) is 1. The minimum absolute atomic E-state index is 0.00398. The molecule has 9 nitrogen and oxygen atoms in total. The zero-order valence-corrected chi connectivity index (χ0v) is 25.1. The molecule has 4 rings (SSSR count). The highest BCUT2D eigenvalue weighted by Crippen LogP contribution is 2.28. The monoisotopic (exact) mass is 562 g/mol. The summed E-state index contributed by atoms with van der Waals surface area (Å²) in [7, 11) is 1.57. The molecule has 0 unspecified atom stereocenters. The Kier molecular flexibility index (Phi) is 8.85. The molecule has 1 aliphatic carbocycles. The first-order valence-corrected chi connectivity index (χ1v) is 14.2. The number of amides is 1. The van der Waals surface area contributed by atoms with Gasteiger partial charge in [-0.2, -0.15) is 4.73 Å². The second-order valence-electron chi connectivity index (χ2n) is 12.7. The Morgan fingerprint density at radius 1 is 1.02 bits per heavy atom. The molecule has 1 aliphatic rings. The average Bonchev–Trinajstić information content (AvgIpc) is 3.53. The topological polar surface area (TPSA) is 103 Å². The van der Waals surface area contributed by atoms with Crippen LogP contribution in [0.4, 0.5) is 4.79 Å². The highest BCUT2D eigenvalue weighted by Gasteiger charge is 2.36. The number of hydrogen-bond acceptors (Lipinski definition) is 7. The van der Waals surface area contributed by atoms with Crippen molar-refractivity contribution in [2.45, 2.75) is 104 Å². The van der Waals surface area contributed by atoms with E-state index < -0.39 is 28.9 Å². The van der Waals surface area contributed by atoms with Crippen LogP contribution in [-0.4, -0.2) is 62.1 Å². The van der Waals surface area contributed by atoms with Crippen molar-refractivity contribution in [1.29, 1.82) is 0 Å². The number of rotatable bonds is 9. The first-order chi connectivity index (χ1) is 19.1. The molecule has 1 amide bonds. The van der Waals surface area contributed by atoms with Crippen molar-refractivity contribution < 1.29 is 28.9 Å². The summed E-state index contributed by atoms with van der Waals surface area (Å²) in [5.74, 6) is -0.151. The molecule has 1 saturated carbocycles. The van der Waals surface area contributed by atoms with Crippen LogP contribution in [0.25, 0.3) is 11.0 Å². The quantitative estimate of drug-likeness (QED) is 0.374. The van der Waals surface area contributed by atoms with Gasteiger partial charge < -0.3 is 19.3 Å². The second-order valence-corrected chi connectivity index (χ2v) is 12.7. The van der Waals surface area contributed by atoms with Crippen molar-refractivity contribution in [1.82, 2.24) is 14.6 Å². The Labute approximate surface area is 243 Å². The van der Waals surface area contributed by atoms with Gasteiger partial charge in [-0.15, -0.1) is 0 Å². The number of carbonyl (C=O) groups excluding carboxylic acids is 2. The van der Waals surface area contributed by atoms with E-state index in [2.05, 4.69) is 0 Å². The van der Waals surface area contributed by atoms with Gasteiger partial charge in [0, 0.05) is 6.04 Å². The van der Waals surface area contributed by atoms with Gasteiger partial charge in [0.1, 0.15) is 11.1 Å². The zero-order chi connectivity index (χ0) is 30.0. The first-order valence-electron chi connectivity index (χ1n) is 14.2. The number of hydrogen-bond donors (Lipinski definition) is 1. The van der Waals surface area contributed by atoms with Crippen molar-refractivity contribution in [2.75, 3.05) is 0 Å². The molecule has 0 atom stereocenters. The van der Waals surface area contributed by atoms with Crippen LogP contribution in [-0.2, 0) is 15.9 Å². The molecule has 1 fully saturated rings. The van der Waals surface area contributed by atoms with Crippen LogP contribution in [0.1, 0.15) is 90.3 Å². The van der Waals surface area contributed by atoms with E-state index in [0.29, 0.717) is 27.9 Å². The number of carbonyl (C=O) groups is 2. The normalized spacial score (nSPS) is 14.7. The van der Waals surface area contributed by atoms with Gasteiger partial charge in [0.05, 0.1) is 28.8 Å². The van der Waals surface area contributed by atoms with Crippen LogP contribution in [0.2, 0.25) is 0 Å². The van der Waals surface area contributed by atoms with Crippen molar-refractivity contribution in [2.24, 2.45) is 0 Å². The van der Waals surface area contributed by atoms with Gasteiger partial charge in [0.2, 0.25) is 0 Å². The molecule has 1 N–H and O–H groups in total. The molecule has 1 aromatic heterocycles. The Hall–Kier alpha value is -3.37. The summed E-state index contributed by atoms with van der Waals surface area (Å²) in [6.45, 7) is 12.6. The van der Waals surface area contributed by atoms with Gasteiger partial charge >= 0.3 is 19.5 Å². The van der Waals surface area contributed by atoms with E-state index in [9.17, 15) is 14.7 Å². The lowest BCUT2D eigenvalue weighted by molar-refractivity contribution is -0.0893. The molecule has 1 heterocycles. The number of nitrogens with zero attached hydrogens (tertiary/aromatic N) is 3. The maximum atomic E-state index is 13.4. The van der Waals surface area contributed by atoms with Crippen molar-refractivity contribution in [3.63, 3.8) is 0 Å². The van der Waals surface area contributed by atoms with E-state index >= 15 is 0 Å². The number of fused-ring (bicyclic) bond motifs is 1. The van der Waals surface area contributed by atoms with E-state index in [-0.39, 0.29) is 12.6 Å². The zero-order valence-electron chi connectivity index (χ0n) is 25.1. The number of benzene rings is 2. The van der Waals surface area contributed by atoms with E-state index in [4.69, 9.17) is 19.2 Å². The first kappa shape index (κ1) is 30.6. The summed E-state index contributed by atoms with van der Waals surface area (Å²) >= 11 is 0. The summed E-state index contributed by atoms with van der Waals surface area (Å²) in [4.78, 5) is 38.9. The molecule has 2 aromatic carbocycles. The number of imidazole rings is 1. The molecule has 0 bridgehead atoms. The SMILES string of the molecule is CC(C)(C)OC(=O)N(Cc1nc2ccc([B]OC(C)(C)C(C)(C)O)cc2n1OC(=O)c1ccccc1)C1CCCC1. The smallest absolute Gasteiger partial charge is 0.410 e. The largest absolute Gasteiger partial charge is 0.444 e. The molecule has 0 aliphatic heterocycles. The summed E-state index contributed by atoms with van der Waals surface area (Å²) in [6, 6.07) is 14.2. The summed E-state index contributed by atoms with van der Waals surface area (Å²) < 4.78 is 13.1. The van der Waals surface area contributed by atoms with Crippen LogP contribution in [0.3, 0.4) is 0 Å². The lowest BCUT2D eigenvalue weighted by Crippen LogP contribution is -2.49. The fourth-order valence-corrected chi connectivity index (χ4v) is 4.50. The molecule has 3 aromatic rings. The third kappa shape index (κ3) is 7.48. The minimum atomic E-state index is -1.08. The summed E-state index contributed by atoms with van der Waals surface area (Å²) in [5, 5.41) is 10.5. The van der Waals surface area contributed by atoms with Gasteiger partial charge in [-0.25, -0.2) is 14.6 Å². The number of aromatic nitrogens is 2. The van der Waals surface area contributed by atoms with Gasteiger partial charge in [-0.3, -0.25) is 4.90 Å². The van der Waals surface area contributed by atoms with Gasteiger partial charge in [0.15, 0.2) is 5.82 Å². The third-order valence-corrected chi connectivity index (χ3v) is 7.55. The van der Waals surface area contributed by atoms with Gasteiger partial charge in [-0.1, -0.05) is 42.6 Å². The van der Waals surface area contributed by atoms with Crippen molar-refractivity contribution in [3.05, 3.63) is 59.9 Å². The summed E-state index contributed by atoms with van der Waals surface area (Å²) in [5.41, 5.74) is -0.388. The van der Waals surface area contributed by atoms with Crippen molar-refractivity contribution >= 4 is 36.0 Å². The van der Waals surface area contributed by atoms with E-state index in [1.165, 1.54) is 4.73 Å². The predicted octanol–water partition coefficient (Wildman–Crippen LogP) is 4.80. The van der Waals surface area contributed by atoms with Crippen LogP contribution >= 0.6 is 0 Å². The average molecular weight is 562 g/mol. The maximum Gasteiger partial charge on any atom is 0.410 e. The fourth-order valence-electron chi connectivity index (χ4n) is 4.50. The standard InChI is InChI=1S/C31H41BN3O6/c1-29(2,3)39-28(37)34(23-15-11-12-16-23)20-26-33-24-18-17-22(32-41-31(6,7)30(4,5)38)19-25(24)35(26)40-27(36)21-13-9-8-10-14-21/h8-10,13-14,17-19,23,38H,11-12,15-16,20H2,1-7H3. The Morgan fingerprint density at radius 2 is 1.68 bits per heavy atom. The maximum absolute atomic E-state index is 13.4. The number of aliphatic hydroxyl groups is 1. The highest BCUT2D eigenvalue weighted by molar-refractivity contribution is 6.47. The third-order valence-electron chi connectivity index (χ3n) is 7.55. The summed E-state index contributed by atoms with van der Waals surface area (Å²) in [6.07, 6.45) is 3.38. The predicted molar refractivity (Wildman–Crippen MR) is 158 cm³/mol. The van der Waals surface area contributed by atoms with Crippen LogP contribution in [0.5, 0.6) is 0 Å². The fraction of sp³-hybridized carbons (Fsp3) is 0.516. The van der Waals surface area contributed by atoms with Crippen LogP contribution in [0, 0.1) is 0 Å². The molecule has 10 heteroatoms. The van der Waals surface area contributed by atoms with E-state index in [1.807, 2.05) is 39.0 Å². The lowest BCUT2D eigenvalue weighted by atomic mass is 9.82. The Morgan fingerprint density at radius 3 is 2.29 bits per heavy atom. The van der Waals surface area contributed by atoms with E-state index in [0.717, 1.165) is 25.7 Å². The minimum Gasteiger partial charge on any atom is -0.444 e. The second kappa shape index (κ2) is 11.9. The highest BCUT2D eigenvalue weighted by atomic mass is 16.7. The molecule has 219 valence electrons. The Balaban J connectivity index is 1.72. The van der Waals surface area contributed by atoms with Crippen molar-refractivity contribution in [3.8, 4) is 0 Å². The molecular formula is C31H41BN3O6. The molecular weight excluding hydrogens is 521 g/mol.